The number of halogens is 1. The molecule has 68 valence electrons. The van der Waals surface area contributed by atoms with Gasteiger partial charge in [-0.2, -0.15) is 0 Å². The Hall–Kier alpha value is -0.980. The highest BCUT2D eigenvalue weighted by Gasteiger charge is 1.98. The van der Waals surface area contributed by atoms with Gasteiger partial charge in [0.1, 0.15) is 12.4 Å². The molecule has 1 rings (SSSR count). The average molecular weight is 241 g/mol. The molecule has 0 unspecified atom stereocenters. The van der Waals surface area contributed by atoms with Crippen molar-refractivity contribution in [3.05, 3.63) is 28.2 Å². The van der Waals surface area contributed by atoms with Crippen LogP contribution in [0.1, 0.15) is 5.56 Å². The number of hydrogen-bond donors (Lipinski definition) is 1. The van der Waals surface area contributed by atoms with Gasteiger partial charge in [0, 0.05) is 5.56 Å². The molecule has 0 saturated carbocycles. The van der Waals surface area contributed by atoms with E-state index in [1.807, 2.05) is 18.2 Å². The van der Waals surface area contributed by atoms with Crippen LogP contribution >= 0.6 is 15.9 Å². The maximum Gasteiger partial charge on any atom is 0.134 e. The van der Waals surface area contributed by atoms with Crippen molar-refractivity contribution in [3.8, 4) is 17.6 Å². The van der Waals surface area contributed by atoms with Gasteiger partial charge in [-0.25, -0.2) is 0 Å². The van der Waals surface area contributed by atoms with E-state index in [1.165, 1.54) is 0 Å². The minimum Gasteiger partial charge on any atom is -0.496 e. The van der Waals surface area contributed by atoms with E-state index < -0.39 is 0 Å². The Morgan fingerprint density at radius 2 is 2.31 bits per heavy atom. The van der Waals surface area contributed by atoms with Crippen molar-refractivity contribution in [1.29, 1.82) is 0 Å². The van der Waals surface area contributed by atoms with E-state index in [2.05, 4.69) is 27.8 Å². The van der Waals surface area contributed by atoms with E-state index in [4.69, 9.17) is 9.84 Å². The zero-order chi connectivity index (χ0) is 9.68. The standard InChI is InChI=1S/C10H9BrO2/c1-13-10-7-8(3-2-6-12)4-5-9(10)11/h4-5,7,12H,6H2,1H3. The van der Waals surface area contributed by atoms with E-state index in [1.54, 1.807) is 7.11 Å². The molecule has 1 aromatic carbocycles. The Kier molecular flexibility index (Phi) is 3.81. The summed E-state index contributed by atoms with van der Waals surface area (Å²) in [4.78, 5) is 0. The number of hydrogen-bond acceptors (Lipinski definition) is 2. The fourth-order valence-electron chi connectivity index (χ4n) is 0.879. The molecule has 2 nitrogen and oxygen atoms in total. The van der Waals surface area contributed by atoms with E-state index in [-0.39, 0.29) is 6.61 Å². The first-order valence-corrected chi connectivity index (χ1v) is 4.50. The predicted molar refractivity (Wildman–Crippen MR) is 54.7 cm³/mol. The molecule has 1 N–H and O–H groups in total. The van der Waals surface area contributed by atoms with Crippen molar-refractivity contribution in [1.82, 2.24) is 0 Å². The molecule has 0 aliphatic carbocycles. The van der Waals surface area contributed by atoms with Crippen LogP contribution in [0.4, 0.5) is 0 Å². The molecule has 0 amide bonds. The van der Waals surface area contributed by atoms with E-state index >= 15 is 0 Å². The van der Waals surface area contributed by atoms with Gasteiger partial charge in [-0.1, -0.05) is 11.8 Å². The SMILES string of the molecule is COc1cc(C#CCO)ccc1Br. The average Bonchev–Trinajstić information content (AvgIpc) is 2.16. The summed E-state index contributed by atoms with van der Waals surface area (Å²) in [5.74, 6) is 6.11. The second-order valence-electron chi connectivity index (χ2n) is 2.31. The zero-order valence-electron chi connectivity index (χ0n) is 7.17. The monoisotopic (exact) mass is 240 g/mol. The van der Waals surface area contributed by atoms with Crippen molar-refractivity contribution in [2.24, 2.45) is 0 Å². The summed E-state index contributed by atoms with van der Waals surface area (Å²) < 4.78 is 5.98. The third kappa shape index (κ3) is 2.76. The van der Waals surface area contributed by atoms with Gasteiger partial charge in [0.05, 0.1) is 11.6 Å². The van der Waals surface area contributed by atoms with Crippen molar-refractivity contribution >= 4 is 15.9 Å². The predicted octanol–water partition coefficient (Wildman–Crippen LogP) is 1.80. The lowest BCUT2D eigenvalue weighted by molar-refractivity contribution is 0.350. The van der Waals surface area contributed by atoms with Gasteiger partial charge in [-0.3, -0.25) is 0 Å². The van der Waals surface area contributed by atoms with E-state index in [0.717, 1.165) is 15.8 Å². The Balaban J connectivity index is 2.99. The molecule has 0 radical (unpaired) electrons. The summed E-state index contributed by atoms with van der Waals surface area (Å²) in [5, 5.41) is 8.49. The van der Waals surface area contributed by atoms with Crippen molar-refractivity contribution in [3.63, 3.8) is 0 Å². The molecule has 1 aromatic rings. The van der Waals surface area contributed by atoms with Crippen LogP contribution in [-0.4, -0.2) is 18.8 Å². The van der Waals surface area contributed by atoms with E-state index in [0.29, 0.717) is 0 Å². The van der Waals surface area contributed by atoms with Crippen LogP contribution in [0.25, 0.3) is 0 Å². The van der Waals surface area contributed by atoms with Crippen LogP contribution in [0.15, 0.2) is 22.7 Å². The number of ether oxygens (including phenoxy) is 1. The maximum absolute atomic E-state index is 8.49. The fraction of sp³-hybridized carbons (Fsp3) is 0.200. The molecule has 0 heterocycles. The minimum atomic E-state index is -0.127. The Labute approximate surface area is 85.7 Å². The highest BCUT2D eigenvalue weighted by atomic mass is 79.9. The lowest BCUT2D eigenvalue weighted by atomic mass is 10.2. The van der Waals surface area contributed by atoms with Crippen LogP contribution in [0.2, 0.25) is 0 Å². The van der Waals surface area contributed by atoms with E-state index in [9.17, 15) is 0 Å². The van der Waals surface area contributed by atoms with Crippen LogP contribution in [0.3, 0.4) is 0 Å². The zero-order valence-corrected chi connectivity index (χ0v) is 8.76. The molecule has 0 spiro atoms. The number of rotatable bonds is 1. The summed E-state index contributed by atoms with van der Waals surface area (Å²) in [6.45, 7) is -0.127. The molecule has 0 aliphatic rings. The van der Waals surface area contributed by atoms with Gasteiger partial charge in [-0.15, -0.1) is 0 Å². The minimum absolute atomic E-state index is 0.127. The molecule has 3 heteroatoms. The van der Waals surface area contributed by atoms with Crippen LogP contribution in [0, 0.1) is 11.8 Å². The van der Waals surface area contributed by atoms with Crippen molar-refractivity contribution in [2.75, 3.05) is 13.7 Å². The van der Waals surface area contributed by atoms with Crippen molar-refractivity contribution in [2.45, 2.75) is 0 Å². The largest absolute Gasteiger partial charge is 0.496 e. The molecule has 0 bridgehead atoms. The molecular formula is C10H9BrO2. The van der Waals surface area contributed by atoms with Crippen LogP contribution < -0.4 is 4.74 Å². The normalized spacial score (nSPS) is 8.85. The third-order valence-electron chi connectivity index (χ3n) is 1.46. The number of methoxy groups -OCH3 is 1. The Bertz CT molecular complexity index is 350. The third-order valence-corrected chi connectivity index (χ3v) is 2.12. The van der Waals surface area contributed by atoms with Gasteiger partial charge < -0.3 is 9.84 Å². The number of aliphatic hydroxyl groups is 1. The Morgan fingerprint density at radius 3 is 2.92 bits per heavy atom. The second kappa shape index (κ2) is 4.90. The van der Waals surface area contributed by atoms with Gasteiger partial charge in [0.15, 0.2) is 0 Å². The van der Waals surface area contributed by atoms with Crippen molar-refractivity contribution < 1.29 is 9.84 Å². The smallest absolute Gasteiger partial charge is 0.134 e. The van der Waals surface area contributed by atoms with Gasteiger partial charge in [0.2, 0.25) is 0 Å². The first-order chi connectivity index (χ1) is 6.27. The Morgan fingerprint density at radius 1 is 1.54 bits per heavy atom. The lowest BCUT2D eigenvalue weighted by Gasteiger charge is -2.02. The molecule has 0 atom stereocenters. The topological polar surface area (TPSA) is 29.5 Å². The molecule has 0 aliphatic heterocycles. The van der Waals surface area contributed by atoms with Gasteiger partial charge >= 0.3 is 0 Å². The molecular weight excluding hydrogens is 232 g/mol. The first kappa shape index (κ1) is 10.1. The number of aliphatic hydroxyl groups excluding tert-OH is 1. The molecule has 0 aromatic heterocycles. The van der Waals surface area contributed by atoms with Crippen LogP contribution in [-0.2, 0) is 0 Å². The number of benzene rings is 1. The van der Waals surface area contributed by atoms with Gasteiger partial charge in [-0.05, 0) is 34.1 Å². The summed E-state index contributed by atoms with van der Waals surface area (Å²) in [5.41, 5.74) is 0.828. The summed E-state index contributed by atoms with van der Waals surface area (Å²) in [7, 11) is 1.60. The van der Waals surface area contributed by atoms with Crippen LogP contribution in [0.5, 0.6) is 5.75 Å². The highest BCUT2D eigenvalue weighted by molar-refractivity contribution is 9.10. The quantitative estimate of drug-likeness (QED) is 0.759. The lowest BCUT2D eigenvalue weighted by Crippen LogP contribution is -1.85. The maximum atomic E-state index is 8.49. The fourth-order valence-corrected chi connectivity index (χ4v) is 1.29. The molecule has 13 heavy (non-hydrogen) atoms. The molecule has 0 saturated heterocycles. The first-order valence-electron chi connectivity index (χ1n) is 3.71. The van der Waals surface area contributed by atoms with Gasteiger partial charge in [0.25, 0.3) is 0 Å². The molecule has 0 fully saturated rings. The second-order valence-corrected chi connectivity index (χ2v) is 3.16. The highest BCUT2D eigenvalue weighted by Crippen LogP contribution is 2.24. The summed E-state index contributed by atoms with van der Waals surface area (Å²) >= 11 is 3.34. The summed E-state index contributed by atoms with van der Waals surface area (Å²) in [6, 6.07) is 5.53. The summed E-state index contributed by atoms with van der Waals surface area (Å²) in [6.07, 6.45) is 0.